The number of nitrogens with zero attached hydrogens (tertiary/aromatic N) is 1. The highest BCUT2D eigenvalue weighted by Gasteiger charge is 2.74. The number of amides is 3. The van der Waals surface area contributed by atoms with Crippen LogP contribution >= 0.6 is 0 Å². The first kappa shape index (κ1) is 15.8. The minimum atomic E-state index is -0.108. The molecule has 5 nitrogen and oxygen atoms in total. The third-order valence-corrected chi connectivity index (χ3v) is 8.30. The zero-order chi connectivity index (χ0) is 18.6. The van der Waals surface area contributed by atoms with E-state index in [0.29, 0.717) is 28.9 Å². The van der Waals surface area contributed by atoms with Gasteiger partial charge in [-0.2, -0.15) is 0 Å². The molecule has 0 saturated heterocycles. The van der Waals surface area contributed by atoms with Gasteiger partial charge in [0.2, 0.25) is 5.91 Å². The van der Waals surface area contributed by atoms with E-state index in [4.69, 9.17) is 0 Å². The lowest BCUT2D eigenvalue weighted by atomic mass is 9.47. The van der Waals surface area contributed by atoms with Crippen molar-refractivity contribution in [3.8, 4) is 0 Å². The predicted molar refractivity (Wildman–Crippen MR) is 97.9 cm³/mol. The predicted octanol–water partition coefficient (Wildman–Crippen LogP) is 2.76. The summed E-state index contributed by atoms with van der Waals surface area (Å²) in [5, 5.41) is 3.28. The fourth-order valence-corrected chi connectivity index (χ4v) is 7.63. The third kappa shape index (κ3) is 1.87. The van der Waals surface area contributed by atoms with Crippen LogP contribution in [0.5, 0.6) is 0 Å². The van der Waals surface area contributed by atoms with Gasteiger partial charge in [0.1, 0.15) is 0 Å². The second-order valence-corrected chi connectivity index (χ2v) is 9.66. The fourth-order valence-electron chi connectivity index (χ4n) is 7.63. The van der Waals surface area contributed by atoms with Crippen LogP contribution in [0.1, 0.15) is 66.2 Å². The molecule has 3 atom stereocenters. The lowest BCUT2D eigenvalue weighted by molar-refractivity contribution is -0.129. The molecule has 0 radical (unpaired) electrons. The molecule has 1 heterocycles. The second-order valence-electron chi connectivity index (χ2n) is 9.66. The topological polar surface area (TPSA) is 66.5 Å². The molecule has 1 N–H and O–H groups in total. The van der Waals surface area contributed by atoms with Crippen molar-refractivity contribution in [1.82, 2.24) is 10.2 Å². The highest BCUT2D eigenvalue weighted by atomic mass is 16.2. The summed E-state index contributed by atoms with van der Waals surface area (Å²) < 4.78 is 0. The summed E-state index contributed by atoms with van der Waals surface area (Å²) in [7, 11) is 0. The van der Waals surface area contributed by atoms with E-state index in [1.54, 1.807) is 24.0 Å². The Morgan fingerprint density at radius 2 is 1.59 bits per heavy atom. The maximum absolute atomic E-state index is 13.0. The lowest BCUT2D eigenvalue weighted by Gasteiger charge is -2.61. The van der Waals surface area contributed by atoms with Gasteiger partial charge in [-0.3, -0.25) is 19.3 Å². The molecule has 3 amide bonds. The summed E-state index contributed by atoms with van der Waals surface area (Å²) >= 11 is 0. The zero-order valence-corrected chi connectivity index (χ0v) is 15.5. The molecule has 140 valence electrons. The lowest BCUT2D eigenvalue weighted by Crippen LogP contribution is -2.63. The minimum absolute atomic E-state index is 0.0390. The largest absolute Gasteiger partial charge is 0.351 e. The molecule has 5 saturated carbocycles. The van der Waals surface area contributed by atoms with E-state index in [0.717, 1.165) is 25.7 Å². The van der Waals surface area contributed by atoms with E-state index in [2.05, 4.69) is 5.32 Å². The molecule has 1 aliphatic heterocycles. The highest BCUT2D eigenvalue weighted by Crippen LogP contribution is 2.74. The summed E-state index contributed by atoms with van der Waals surface area (Å²) in [4.78, 5) is 39.3. The maximum Gasteiger partial charge on any atom is 0.261 e. The Bertz CT molecular complexity index is 856. The first-order chi connectivity index (χ1) is 12.9. The number of carbonyl (C=O) groups excluding carboxylic acids is 3. The second kappa shape index (κ2) is 4.81. The number of hydrogen-bond acceptors (Lipinski definition) is 3. The molecule has 5 heteroatoms. The number of benzene rings is 1. The molecule has 1 spiro atoms. The standard InChI is InChI=1S/C22H24N2O3/c1-12(25)23-21-8-13-6-14(9-21)22(15(7-13)10-21)11-18(22)24-19(26)16-4-2-3-5-17(16)20(24)27/h2-5,13-15,18H,6-11H2,1H3,(H,23,25). The van der Waals surface area contributed by atoms with E-state index in [1.807, 2.05) is 12.1 Å². The summed E-state index contributed by atoms with van der Waals surface area (Å²) in [6, 6.07) is 7.25. The average Bonchev–Trinajstić information content (AvgIpc) is 3.28. The summed E-state index contributed by atoms with van der Waals surface area (Å²) in [5.74, 6) is 1.57. The van der Waals surface area contributed by atoms with Gasteiger partial charge < -0.3 is 5.32 Å². The average molecular weight is 364 g/mol. The van der Waals surface area contributed by atoms with Gasteiger partial charge in [0.15, 0.2) is 0 Å². The Balaban J connectivity index is 1.32. The van der Waals surface area contributed by atoms with E-state index >= 15 is 0 Å². The fraction of sp³-hybridized carbons (Fsp3) is 0.591. The summed E-state index contributed by atoms with van der Waals surface area (Å²) in [6.45, 7) is 1.62. The molecule has 7 rings (SSSR count). The van der Waals surface area contributed by atoms with Gasteiger partial charge in [-0.05, 0) is 73.8 Å². The van der Waals surface area contributed by atoms with Crippen LogP contribution in [-0.2, 0) is 4.79 Å². The highest BCUT2D eigenvalue weighted by molar-refractivity contribution is 6.21. The molecule has 5 fully saturated rings. The van der Waals surface area contributed by atoms with Crippen LogP contribution in [0.15, 0.2) is 24.3 Å². The van der Waals surface area contributed by atoms with Gasteiger partial charge >= 0.3 is 0 Å². The minimum Gasteiger partial charge on any atom is -0.351 e. The number of carbonyl (C=O) groups is 3. The first-order valence-electron chi connectivity index (χ1n) is 10.2. The SMILES string of the molecule is CC(=O)NC12CC3CC(C1)C1(CC1N1C(=O)c4ccccc4C1=O)C(C3)C2. The molecule has 1 aromatic carbocycles. The number of hydrogen-bond donors (Lipinski definition) is 1. The van der Waals surface area contributed by atoms with E-state index in [9.17, 15) is 14.4 Å². The van der Waals surface area contributed by atoms with Crippen LogP contribution in [0.4, 0.5) is 0 Å². The van der Waals surface area contributed by atoms with Crippen molar-refractivity contribution in [2.45, 2.75) is 57.0 Å². The zero-order valence-electron chi connectivity index (χ0n) is 15.5. The van der Waals surface area contributed by atoms with Crippen LogP contribution in [0.2, 0.25) is 0 Å². The number of nitrogens with one attached hydrogen (secondary N) is 1. The molecule has 1 aromatic rings. The van der Waals surface area contributed by atoms with Crippen LogP contribution in [-0.4, -0.2) is 34.2 Å². The Labute approximate surface area is 158 Å². The molecule has 3 unspecified atom stereocenters. The Hall–Kier alpha value is -2.17. The van der Waals surface area contributed by atoms with E-state index in [1.165, 1.54) is 12.8 Å². The van der Waals surface area contributed by atoms with Crippen molar-refractivity contribution in [3.63, 3.8) is 0 Å². The molecule has 6 aliphatic rings. The third-order valence-electron chi connectivity index (χ3n) is 8.30. The molecule has 5 aliphatic carbocycles. The molecule has 0 aromatic heterocycles. The van der Waals surface area contributed by atoms with Crippen LogP contribution in [0, 0.1) is 23.2 Å². The van der Waals surface area contributed by atoms with Crippen molar-refractivity contribution in [2.24, 2.45) is 23.2 Å². The summed E-state index contributed by atoms with van der Waals surface area (Å²) in [5.41, 5.74) is 1.18. The van der Waals surface area contributed by atoms with Gasteiger partial charge in [-0.15, -0.1) is 0 Å². The number of rotatable bonds is 2. The van der Waals surface area contributed by atoms with E-state index in [-0.39, 0.29) is 34.7 Å². The van der Waals surface area contributed by atoms with Crippen molar-refractivity contribution >= 4 is 17.7 Å². The van der Waals surface area contributed by atoms with Crippen molar-refractivity contribution < 1.29 is 14.4 Å². The Kier molecular flexibility index (Phi) is 2.82. The van der Waals surface area contributed by atoms with Gasteiger partial charge in [-0.1, -0.05) is 12.1 Å². The quantitative estimate of drug-likeness (QED) is 0.821. The van der Waals surface area contributed by atoms with Crippen molar-refractivity contribution in [1.29, 1.82) is 0 Å². The Morgan fingerprint density at radius 1 is 1.00 bits per heavy atom. The molecular formula is C22H24N2O3. The van der Waals surface area contributed by atoms with Crippen molar-refractivity contribution in [2.75, 3.05) is 0 Å². The van der Waals surface area contributed by atoms with Gasteiger partial charge in [0.05, 0.1) is 11.1 Å². The smallest absolute Gasteiger partial charge is 0.261 e. The number of fused-ring (bicyclic) bond motifs is 1. The van der Waals surface area contributed by atoms with Gasteiger partial charge in [0.25, 0.3) is 11.8 Å². The van der Waals surface area contributed by atoms with Gasteiger partial charge in [0, 0.05) is 18.5 Å². The monoisotopic (exact) mass is 364 g/mol. The van der Waals surface area contributed by atoms with Gasteiger partial charge in [-0.25, -0.2) is 0 Å². The normalized spacial score (nSPS) is 43.4. The molecular weight excluding hydrogens is 340 g/mol. The van der Waals surface area contributed by atoms with Crippen LogP contribution in [0.3, 0.4) is 0 Å². The van der Waals surface area contributed by atoms with Crippen LogP contribution in [0.25, 0.3) is 0 Å². The summed E-state index contributed by atoms with van der Waals surface area (Å²) in [6.07, 6.45) is 6.47. The molecule has 4 bridgehead atoms. The first-order valence-corrected chi connectivity index (χ1v) is 10.2. The van der Waals surface area contributed by atoms with Crippen molar-refractivity contribution in [3.05, 3.63) is 35.4 Å². The molecule has 27 heavy (non-hydrogen) atoms. The Morgan fingerprint density at radius 3 is 2.15 bits per heavy atom. The van der Waals surface area contributed by atoms with Crippen LogP contribution < -0.4 is 5.32 Å². The van der Waals surface area contributed by atoms with E-state index < -0.39 is 0 Å². The maximum atomic E-state index is 13.0. The number of imide groups is 1.